The summed E-state index contributed by atoms with van der Waals surface area (Å²) >= 11 is 4.16. The average molecular weight is 371 g/mol. The Balaban J connectivity index is 1.93. The molecule has 2 aromatic heterocycles. The van der Waals surface area contributed by atoms with Gasteiger partial charge in [-0.3, -0.25) is 0 Å². The molecule has 3 heteroatoms. The summed E-state index contributed by atoms with van der Waals surface area (Å²) in [6.07, 6.45) is 0. The van der Waals surface area contributed by atoms with Gasteiger partial charge < -0.3 is 0 Å². The predicted molar refractivity (Wildman–Crippen MR) is 96.6 cm³/mol. The molecule has 102 valence electrons. The van der Waals surface area contributed by atoms with E-state index in [1.807, 2.05) is 22.7 Å². The van der Waals surface area contributed by atoms with E-state index in [-0.39, 0.29) is 0 Å². The molecule has 0 bridgehead atoms. The van der Waals surface area contributed by atoms with Crippen LogP contribution in [0.5, 0.6) is 0 Å². The Morgan fingerprint density at radius 3 is 2.38 bits per heavy atom. The van der Waals surface area contributed by atoms with Gasteiger partial charge >= 0.3 is 139 Å². The Morgan fingerprint density at radius 1 is 0.762 bits per heavy atom. The van der Waals surface area contributed by atoms with Crippen LogP contribution >= 0.6 is 22.7 Å². The Hall–Kier alpha value is -1.38. The molecule has 0 aliphatic rings. The van der Waals surface area contributed by atoms with Gasteiger partial charge in [-0.2, -0.15) is 0 Å². The fraction of sp³-hybridized carbons (Fsp3) is 0. The molecule has 0 N–H and O–H groups in total. The molecule has 4 rings (SSSR count). The van der Waals surface area contributed by atoms with Crippen LogP contribution in [0, 0.1) is 0 Å². The van der Waals surface area contributed by atoms with Crippen LogP contribution in [-0.2, 0) is 0 Å². The number of hydrogen-bond acceptors (Lipinski definition) is 2. The number of fused-ring (bicyclic) bond motifs is 1. The van der Waals surface area contributed by atoms with Gasteiger partial charge in [0, 0.05) is 0 Å². The van der Waals surface area contributed by atoms with E-state index in [4.69, 9.17) is 0 Å². The first kappa shape index (κ1) is 13.3. The van der Waals surface area contributed by atoms with Crippen molar-refractivity contribution < 1.29 is 0 Å². The summed E-state index contributed by atoms with van der Waals surface area (Å²) < 4.78 is 4.41. The van der Waals surface area contributed by atoms with Crippen LogP contribution in [0.15, 0.2) is 72.1 Å². The minimum atomic E-state index is 0.374. The van der Waals surface area contributed by atoms with Gasteiger partial charge in [-0.25, -0.2) is 0 Å². The van der Waals surface area contributed by atoms with Crippen LogP contribution in [0.3, 0.4) is 0 Å². The van der Waals surface area contributed by atoms with Crippen molar-refractivity contribution in [2.24, 2.45) is 0 Å². The fourth-order valence-electron chi connectivity index (χ4n) is 2.32. The molecule has 2 heterocycles. The summed E-state index contributed by atoms with van der Waals surface area (Å²) in [6.45, 7) is 0. The van der Waals surface area contributed by atoms with Crippen molar-refractivity contribution in [2.75, 3.05) is 0 Å². The normalized spacial score (nSPS) is 11.0. The Morgan fingerprint density at radius 2 is 1.57 bits per heavy atom. The van der Waals surface area contributed by atoms with Crippen LogP contribution in [0.1, 0.15) is 0 Å². The van der Waals surface area contributed by atoms with E-state index < -0.39 is 0 Å². The first-order chi connectivity index (χ1) is 10.4. The molecule has 0 unspecified atom stereocenters. The molecule has 0 saturated heterocycles. The molecule has 0 spiro atoms. The first-order valence-electron chi connectivity index (χ1n) is 6.70. The number of hydrogen-bond donors (Lipinski definition) is 0. The van der Waals surface area contributed by atoms with Crippen LogP contribution < -0.4 is 8.24 Å². The van der Waals surface area contributed by atoms with Gasteiger partial charge in [0.05, 0.1) is 0 Å². The molecule has 0 fully saturated rings. The van der Waals surface area contributed by atoms with Crippen molar-refractivity contribution in [3.8, 4) is 10.4 Å². The molecule has 0 amide bonds. The van der Waals surface area contributed by atoms with Crippen molar-refractivity contribution in [2.45, 2.75) is 0 Å². The van der Waals surface area contributed by atoms with Crippen LogP contribution in [-0.4, -0.2) is 15.0 Å². The summed E-state index contributed by atoms with van der Waals surface area (Å²) in [4.78, 5) is 1.44. The fourth-order valence-corrected chi connectivity index (χ4v) is 7.41. The third kappa shape index (κ3) is 2.58. The molecule has 0 aliphatic carbocycles. The summed E-state index contributed by atoms with van der Waals surface area (Å²) in [5, 5.41) is 3.60. The molecule has 2 aromatic carbocycles. The zero-order chi connectivity index (χ0) is 14.1. The number of benzene rings is 2. The van der Waals surface area contributed by atoms with Crippen LogP contribution in [0.25, 0.3) is 20.5 Å². The molecule has 21 heavy (non-hydrogen) atoms. The van der Waals surface area contributed by atoms with E-state index in [1.165, 1.54) is 28.8 Å². The van der Waals surface area contributed by atoms with Crippen molar-refractivity contribution in [1.29, 1.82) is 0 Å². The van der Waals surface area contributed by atoms with Gasteiger partial charge in [-0.15, -0.1) is 0 Å². The third-order valence-electron chi connectivity index (χ3n) is 3.28. The van der Waals surface area contributed by atoms with Gasteiger partial charge in [0.1, 0.15) is 0 Å². The maximum absolute atomic E-state index is 2.27. The van der Waals surface area contributed by atoms with E-state index >= 15 is 0 Å². The quantitative estimate of drug-likeness (QED) is 0.472. The van der Waals surface area contributed by atoms with E-state index in [0.717, 1.165) is 0 Å². The van der Waals surface area contributed by atoms with Crippen LogP contribution in [0.4, 0.5) is 0 Å². The number of rotatable bonds is 3. The predicted octanol–water partition coefficient (Wildman–Crippen LogP) is 4.28. The molecular weight excluding hydrogens is 359 g/mol. The topological polar surface area (TPSA) is 0 Å². The number of thiophene rings is 2. The molecular formula is C18H12S2Se. The molecule has 0 nitrogen and oxygen atoms in total. The zero-order valence-corrected chi connectivity index (χ0v) is 14.5. The Kier molecular flexibility index (Phi) is 3.66. The van der Waals surface area contributed by atoms with Crippen molar-refractivity contribution in [1.82, 2.24) is 0 Å². The zero-order valence-electron chi connectivity index (χ0n) is 11.2. The second-order valence-electron chi connectivity index (χ2n) is 4.66. The molecule has 0 aliphatic heterocycles. The molecule has 0 atom stereocenters. The second kappa shape index (κ2) is 5.78. The average Bonchev–Trinajstić information content (AvgIpc) is 3.17. The van der Waals surface area contributed by atoms with Crippen molar-refractivity contribution in [3.05, 3.63) is 72.1 Å². The van der Waals surface area contributed by atoms with Gasteiger partial charge in [-0.1, -0.05) is 0 Å². The molecule has 0 saturated carbocycles. The van der Waals surface area contributed by atoms with Gasteiger partial charge in [0.2, 0.25) is 0 Å². The molecule has 0 radical (unpaired) electrons. The monoisotopic (exact) mass is 372 g/mol. The molecule has 4 aromatic rings. The van der Waals surface area contributed by atoms with Gasteiger partial charge in [0.25, 0.3) is 0 Å². The van der Waals surface area contributed by atoms with Gasteiger partial charge in [-0.05, 0) is 0 Å². The minimum absolute atomic E-state index is 0.374. The van der Waals surface area contributed by atoms with Gasteiger partial charge in [0.15, 0.2) is 0 Å². The van der Waals surface area contributed by atoms with E-state index in [0.29, 0.717) is 15.0 Å². The van der Waals surface area contributed by atoms with Crippen molar-refractivity contribution in [3.63, 3.8) is 0 Å². The Bertz CT molecular complexity index is 861. The summed E-state index contributed by atoms with van der Waals surface area (Å²) in [6, 6.07) is 24.0. The Labute approximate surface area is 138 Å². The van der Waals surface area contributed by atoms with E-state index in [2.05, 4.69) is 72.1 Å². The summed E-state index contributed by atoms with van der Waals surface area (Å²) in [5.74, 6) is 0. The summed E-state index contributed by atoms with van der Waals surface area (Å²) in [7, 11) is 0. The maximum atomic E-state index is 2.27. The van der Waals surface area contributed by atoms with Crippen LogP contribution in [0.2, 0.25) is 0 Å². The van der Waals surface area contributed by atoms with E-state index in [1.54, 1.807) is 0 Å². The standard InChI is InChI=1S/C18H12S2Se/c1-2-7-13(8-3-1)17-18(21-16-11-6-12-19-16)14-9-4-5-10-15(14)20-17/h1-12H. The first-order valence-corrected chi connectivity index (χ1v) is 10.1. The van der Waals surface area contributed by atoms with E-state index in [9.17, 15) is 0 Å². The van der Waals surface area contributed by atoms with Crippen molar-refractivity contribution >= 4 is 56.0 Å². The SMILES string of the molecule is c1ccc(-c2sc3ccccc3c2[Se]c2cccs2)cc1. The second-order valence-corrected chi connectivity index (χ2v) is 9.45. The third-order valence-corrected chi connectivity index (χ3v) is 8.52. The summed E-state index contributed by atoms with van der Waals surface area (Å²) in [5.41, 5.74) is 1.34.